The molecule has 0 heterocycles. The summed E-state index contributed by atoms with van der Waals surface area (Å²) >= 11 is 5.51. The summed E-state index contributed by atoms with van der Waals surface area (Å²) in [5.41, 5.74) is 1.23. The Morgan fingerprint density at radius 3 is 2.88 bits per heavy atom. The van der Waals surface area contributed by atoms with Crippen molar-refractivity contribution in [1.82, 2.24) is 0 Å². The van der Waals surface area contributed by atoms with Crippen molar-refractivity contribution >= 4 is 23.2 Å². The molecule has 0 aliphatic rings. The number of ether oxygens (including phenoxy) is 1. The van der Waals surface area contributed by atoms with Crippen LogP contribution in [0, 0.1) is 0 Å². The van der Waals surface area contributed by atoms with Gasteiger partial charge in [0.25, 0.3) is 0 Å². The van der Waals surface area contributed by atoms with E-state index in [1.165, 1.54) is 0 Å². The standard InChI is InChI=1S/C12H16ClNO3/c1-17-10-4-5-11(9(7-10)8-15)14-12(16)3-2-6-13/h4-5,7,15H,2-3,6,8H2,1H3,(H,14,16). The van der Waals surface area contributed by atoms with Crippen molar-refractivity contribution in [2.45, 2.75) is 19.4 Å². The van der Waals surface area contributed by atoms with Crippen LogP contribution in [0.5, 0.6) is 5.75 Å². The summed E-state index contributed by atoms with van der Waals surface area (Å²) in [6, 6.07) is 5.14. The maximum atomic E-state index is 11.5. The summed E-state index contributed by atoms with van der Waals surface area (Å²) < 4.78 is 5.04. The van der Waals surface area contributed by atoms with Crippen molar-refractivity contribution < 1.29 is 14.6 Å². The highest BCUT2D eigenvalue weighted by Gasteiger charge is 2.07. The fourth-order valence-electron chi connectivity index (χ4n) is 1.39. The van der Waals surface area contributed by atoms with E-state index in [-0.39, 0.29) is 12.5 Å². The molecule has 1 aromatic rings. The number of hydrogen-bond acceptors (Lipinski definition) is 3. The second kappa shape index (κ2) is 7.14. The summed E-state index contributed by atoms with van der Waals surface area (Å²) in [6.45, 7) is -0.150. The average Bonchev–Trinajstić information content (AvgIpc) is 2.36. The Morgan fingerprint density at radius 2 is 2.29 bits per heavy atom. The van der Waals surface area contributed by atoms with Crippen LogP contribution in [0.1, 0.15) is 18.4 Å². The minimum absolute atomic E-state index is 0.106. The molecule has 1 rings (SSSR count). The van der Waals surface area contributed by atoms with Gasteiger partial charge in [0.15, 0.2) is 0 Å². The van der Waals surface area contributed by atoms with Crippen LogP contribution in [-0.2, 0) is 11.4 Å². The quantitative estimate of drug-likeness (QED) is 0.768. The van der Waals surface area contributed by atoms with E-state index >= 15 is 0 Å². The SMILES string of the molecule is COc1ccc(NC(=O)CCCCl)c(CO)c1. The molecule has 0 radical (unpaired) electrons. The molecule has 0 fully saturated rings. The lowest BCUT2D eigenvalue weighted by molar-refractivity contribution is -0.116. The van der Waals surface area contributed by atoms with Gasteiger partial charge in [-0.05, 0) is 24.6 Å². The fourth-order valence-corrected chi connectivity index (χ4v) is 1.52. The molecule has 1 amide bonds. The third-order valence-electron chi connectivity index (χ3n) is 2.29. The molecule has 5 heteroatoms. The molecule has 0 atom stereocenters. The highest BCUT2D eigenvalue weighted by Crippen LogP contribution is 2.22. The summed E-state index contributed by atoms with van der Waals surface area (Å²) in [6.07, 6.45) is 1.01. The van der Waals surface area contributed by atoms with Gasteiger partial charge < -0.3 is 15.2 Å². The molecule has 1 aromatic carbocycles. The number of rotatable bonds is 6. The monoisotopic (exact) mass is 257 g/mol. The predicted molar refractivity (Wildman–Crippen MR) is 67.5 cm³/mol. The average molecular weight is 258 g/mol. The Balaban J connectivity index is 2.73. The first-order valence-corrected chi connectivity index (χ1v) is 5.88. The fraction of sp³-hybridized carbons (Fsp3) is 0.417. The van der Waals surface area contributed by atoms with Crippen LogP contribution in [-0.4, -0.2) is 24.0 Å². The molecular formula is C12H16ClNO3. The largest absolute Gasteiger partial charge is 0.497 e. The van der Waals surface area contributed by atoms with Crippen LogP contribution in [0.2, 0.25) is 0 Å². The maximum absolute atomic E-state index is 11.5. The zero-order valence-corrected chi connectivity index (χ0v) is 10.5. The molecule has 0 saturated carbocycles. The summed E-state index contributed by atoms with van der Waals surface area (Å²) in [5.74, 6) is 1.00. The molecule has 0 bridgehead atoms. The van der Waals surface area contributed by atoms with E-state index in [0.29, 0.717) is 35.7 Å². The van der Waals surface area contributed by atoms with Crippen molar-refractivity contribution in [1.29, 1.82) is 0 Å². The number of aliphatic hydroxyl groups excluding tert-OH is 1. The van der Waals surface area contributed by atoms with Crippen LogP contribution in [0.3, 0.4) is 0 Å². The Morgan fingerprint density at radius 1 is 1.53 bits per heavy atom. The van der Waals surface area contributed by atoms with Gasteiger partial charge in [-0.3, -0.25) is 4.79 Å². The minimum Gasteiger partial charge on any atom is -0.497 e. The van der Waals surface area contributed by atoms with Gasteiger partial charge in [0.1, 0.15) is 5.75 Å². The smallest absolute Gasteiger partial charge is 0.224 e. The number of halogens is 1. The number of hydrogen-bond donors (Lipinski definition) is 2. The van der Waals surface area contributed by atoms with E-state index < -0.39 is 0 Å². The van der Waals surface area contributed by atoms with Crippen LogP contribution in [0.25, 0.3) is 0 Å². The summed E-state index contributed by atoms with van der Waals surface area (Å²) in [7, 11) is 1.55. The molecule has 0 aromatic heterocycles. The number of carbonyl (C=O) groups excluding carboxylic acids is 1. The molecule has 2 N–H and O–H groups in total. The van der Waals surface area contributed by atoms with Gasteiger partial charge in [0.05, 0.1) is 13.7 Å². The Kier molecular flexibility index (Phi) is 5.80. The van der Waals surface area contributed by atoms with Crippen molar-refractivity contribution in [2.75, 3.05) is 18.3 Å². The normalized spacial score (nSPS) is 10.1. The predicted octanol–water partition coefficient (Wildman–Crippen LogP) is 2.14. The number of benzene rings is 1. The van der Waals surface area contributed by atoms with E-state index in [1.54, 1.807) is 25.3 Å². The van der Waals surface area contributed by atoms with Crippen LogP contribution in [0.15, 0.2) is 18.2 Å². The molecular weight excluding hydrogens is 242 g/mol. The van der Waals surface area contributed by atoms with Crippen molar-refractivity contribution in [3.05, 3.63) is 23.8 Å². The molecule has 0 aliphatic heterocycles. The zero-order valence-electron chi connectivity index (χ0n) is 9.70. The van der Waals surface area contributed by atoms with Crippen molar-refractivity contribution in [2.24, 2.45) is 0 Å². The molecule has 94 valence electrons. The van der Waals surface area contributed by atoms with E-state index in [0.717, 1.165) is 0 Å². The van der Waals surface area contributed by atoms with Crippen molar-refractivity contribution in [3.8, 4) is 5.75 Å². The number of carbonyl (C=O) groups is 1. The Labute approximate surface area is 106 Å². The van der Waals surface area contributed by atoms with Crippen LogP contribution in [0.4, 0.5) is 5.69 Å². The first-order chi connectivity index (χ1) is 8.21. The molecule has 0 unspecified atom stereocenters. The van der Waals surface area contributed by atoms with E-state index in [9.17, 15) is 9.90 Å². The van der Waals surface area contributed by atoms with E-state index in [2.05, 4.69) is 5.32 Å². The topological polar surface area (TPSA) is 58.6 Å². The highest BCUT2D eigenvalue weighted by atomic mass is 35.5. The zero-order chi connectivity index (χ0) is 12.7. The number of aliphatic hydroxyl groups is 1. The molecule has 17 heavy (non-hydrogen) atoms. The number of anilines is 1. The van der Waals surface area contributed by atoms with Gasteiger partial charge in [-0.1, -0.05) is 0 Å². The van der Waals surface area contributed by atoms with Gasteiger partial charge in [-0.25, -0.2) is 0 Å². The third-order valence-corrected chi connectivity index (χ3v) is 2.56. The van der Waals surface area contributed by atoms with Gasteiger partial charge in [-0.2, -0.15) is 0 Å². The third kappa shape index (κ3) is 4.24. The second-order valence-electron chi connectivity index (χ2n) is 3.52. The maximum Gasteiger partial charge on any atom is 0.224 e. The number of alkyl halides is 1. The van der Waals surface area contributed by atoms with Gasteiger partial charge in [-0.15, -0.1) is 11.6 Å². The lowest BCUT2D eigenvalue weighted by Gasteiger charge is -2.10. The minimum atomic E-state index is -0.150. The first-order valence-electron chi connectivity index (χ1n) is 5.35. The van der Waals surface area contributed by atoms with Crippen LogP contribution >= 0.6 is 11.6 Å². The van der Waals surface area contributed by atoms with Gasteiger partial charge >= 0.3 is 0 Å². The van der Waals surface area contributed by atoms with E-state index in [1.807, 2.05) is 0 Å². The molecule has 4 nitrogen and oxygen atoms in total. The molecule has 0 saturated heterocycles. The Bertz CT molecular complexity index is 382. The summed E-state index contributed by atoms with van der Waals surface area (Å²) in [5, 5.41) is 11.9. The highest BCUT2D eigenvalue weighted by molar-refractivity contribution is 6.18. The van der Waals surface area contributed by atoms with Gasteiger partial charge in [0, 0.05) is 23.6 Å². The molecule has 0 spiro atoms. The van der Waals surface area contributed by atoms with Crippen molar-refractivity contribution in [3.63, 3.8) is 0 Å². The number of nitrogens with one attached hydrogen (secondary N) is 1. The van der Waals surface area contributed by atoms with Crippen LogP contribution < -0.4 is 10.1 Å². The number of amides is 1. The number of methoxy groups -OCH3 is 1. The lowest BCUT2D eigenvalue weighted by atomic mass is 10.1. The first kappa shape index (κ1) is 13.8. The second-order valence-corrected chi connectivity index (χ2v) is 3.90. The summed E-state index contributed by atoms with van der Waals surface area (Å²) in [4.78, 5) is 11.5. The van der Waals surface area contributed by atoms with Gasteiger partial charge in [0.2, 0.25) is 5.91 Å². The lowest BCUT2D eigenvalue weighted by Crippen LogP contribution is -2.13. The Hall–Kier alpha value is -1.26. The van der Waals surface area contributed by atoms with E-state index in [4.69, 9.17) is 16.3 Å². The molecule has 0 aliphatic carbocycles.